The van der Waals surface area contributed by atoms with Gasteiger partial charge in [0, 0.05) is 11.9 Å². The van der Waals surface area contributed by atoms with Gasteiger partial charge < -0.3 is 4.74 Å². The summed E-state index contributed by atoms with van der Waals surface area (Å²) in [5, 5.41) is -0.355. The quantitative estimate of drug-likeness (QED) is 0.591. The van der Waals surface area contributed by atoms with Gasteiger partial charge in [0.05, 0.1) is 6.42 Å². The average molecular weight is 245 g/mol. The van der Waals surface area contributed by atoms with Crippen LogP contribution in [-0.2, 0) is 16.0 Å². The highest BCUT2D eigenvalue weighted by molar-refractivity contribution is 9.09. The van der Waals surface area contributed by atoms with Gasteiger partial charge in [-0.2, -0.15) is 0 Å². The molecule has 1 unspecified atom stereocenters. The molecule has 4 nitrogen and oxygen atoms in total. The molecule has 0 fully saturated rings. The van der Waals surface area contributed by atoms with Crippen molar-refractivity contribution in [2.24, 2.45) is 0 Å². The SMILES string of the molecule is Cc1ccnc(CC(Br)OC=O)n1. The summed E-state index contributed by atoms with van der Waals surface area (Å²) in [6.07, 6.45) is 2.15. The van der Waals surface area contributed by atoms with E-state index in [4.69, 9.17) is 0 Å². The monoisotopic (exact) mass is 244 g/mol. The topological polar surface area (TPSA) is 52.1 Å². The molecule has 0 aliphatic carbocycles. The number of nitrogens with zero attached hydrogens (tertiary/aromatic N) is 2. The molecule has 0 bridgehead atoms. The molecule has 0 saturated carbocycles. The van der Waals surface area contributed by atoms with Crippen LogP contribution >= 0.6 is 15.9 Å². The molecule has 13 heavy (non-hydrogen) atoms. The molecule has 0 aromatic carbocycles. The Kier molecular flexibility index (Phi) is 3.82. The Morgan fingerprint density at radius 2 is 2.54 bits per heavy atom. The number of carbonyl (C=O) groups is 1. The minimum atomic E-state index is -0.355. The lowest BCUT2D eigenvalue weighted by molar-refractivity contribution is -0.129. The molecule has 0 spiro atoms. The van der Waals surface area contributed by atoms with Crippen LogP contribution in [0.3, 0.4) is 0 Å². The largest absolute Gasteiger partial charge is 0.452 e. The summed E-state index contributed by atoms with van der Waals surface area (Å²) >= 11 is 3.17. The Labute approximate surface area is 84.5 Å². The molecule has 0 N–H and O–H groups in total. The second kappa shape index (κ2) is 4.91. The summed E-state index contributed by atoms with van der Waals surface area (Å²) in [7, 11) is 0. The van der Waals surface area contributed by atoms with E-state index < -0.39 is 0 Å². The minimum absolute atomic E-state index is 0.355. The lowest BCUT2D eigenvalue weighted by atomic mass is 10.4. The lowest BCUT2D eigenvalue weighted by Crippen LogP contribution is -2.09. The number of alkyl halides is 1. The van der Waals surface area contributed by atoms with E-state index in [1.165, 1.54) is 0 Å². The highest BCUT2D eigenvalue weighted by Gasteiger charge is 2.07. The molecule has 1 aromatic heterocycles. The third-order valence-corrected chi connectivity index (χ3v) is 1.93. The van der Waals surface area contributed by atoms with Crippen molar-refractivity contribution in [3.05, 3.63) is 23.8 Å². The summed E-state index contributed by atoms with van der Waals surface area (Å²) in [6.45, 7) is 2.28. The van der Waals surface area contributed by atoms with Crippen molar-refractivity contribution in [3.8, 4) is 0 Å². The van der Waals surface area contributed by atoms with Gasteiger partial charge in [0.25, 0.3) is 6.47 Å². The summed E-state index contributed by atoms with van der Waals surface area (Å²) in [5.41, 5.74) is 0.899. The van der Waals surface area contributed by atoms with Crippen molar-refractivity contribution in [2.75, 3.05) is 0 Å². The zero-order valence-corrected chi connectivity index (χ0v) is 8.69. The van der Waals surface area contributed by atoms with Crippen LogP contribution in [0, 0.1) is 6.92 Å². The summed E-state index contributed by atoms with van der Waals surface area (Å²) in [6, 6.07) is 1.81. The maximum Gasteiger partial charge on any atom is 0.294 e. The predicted octanol–water partition coefficient (Wildman–Crippen LogP) is 1.22. The van der Waals surface area contributed by atoms with Crippen LogP contribution in [0.1, 0.15) is 11.5 Å². The average Bonchev–Trinajstić information content (AvgIpc) is 2.04. The fourth-order valence-corrected chi connectivity index (χ4v) is 1.23. The van der Waals surface area contributed by atoms with Crippen molar-refractivity contribution in [1.29, 1.82) is 0 Å². The molecule has 1 rings (SSSR count). The first kappa shape index (κ1) is 10.1. The third kappa shape index (κ3) is 3.50. The molecule has 0 aliphatic heterocycles. The smallest absolute Gasteiger partial charge is 0.294 e. The van der Waals surface area contributed by atoms with Crippen LogP contribution in [0.15, 0.2) is 12.3 Å². The molecule has 0 saturated heterocycles. The van der Waals surface area contributed by atoms with Crippen molar-refractivity contribution < 1.29 is 9.53 Å². The van der Waals surface area contributed by atoms with Crippen LogP contribution in [0.25, 0.3) is 0 Å². The number of hydrogen-bond donors (Lipinski definition) is 0. The highest BCUT2D eigenvalue weighted by atomic mass is 79.9. The van der Waals surface area contributed by atoms with Gasteiger partial charge in [-0.25, -0.2) is 9.97 Å². The summed E-state index contributed by atoms with van der Waals surface area (Å²) < 4.78 is 4.64. The first-order chi connectivity index (χ1) is 6.22. The fraction of sp³-hybridized carbons (Fsp3) is 0.375. The maximum atomic E-state index is 9.98. The molecule has 0 radical (unpaired) electrons. The van der Waals surface area contributed by atoms with E-state index in [-0.39, 0.29) is 5.01 Å². The van der Waals surface area contributed by atoms with Gasteiger partial charge in [0.15, 0.2) is 5.01 Å². The van der Waals surface area contributed by atoms with Gasteiger partial charge in [-0.15, -0.1) is 0 Å². The maximum absolute atomic E-state index is 9.98. The second-order valence-electron chi connectivity index (χ2n) is 2.46. The van der Waals surface area contributed by atoms with Gasteiger partial charge in [0.2, 0.25) is 0 Å². The zero-order valence-electron chi connectivity index (χ0n) is 7.11. The van der Waals surface area contributed by atoms with Crippen molar-refractivity contribution >= 4 is 22.4 Å². The lowest BCUT2D eigenvalue weighted by Gasteiger charge is -2.05. The van der Waals surface area contributed by atoms with Gasteiger partial charge in [0.1, 0.15) is 5.82 Å². The van der Waals surface area contributed by atoms with E-state index in [1.807, 2.05) is 13.0 Å². The Balaban J connectivity index is 2.58. The molecule has 70 valence electrons. The molecule has 0 amide bonds. The van der Waals surface area contributed by atoms with Gasteiger partial charge in [-0.1, -0.05) is 0 Å². The van der Waals surface area contributed by atoms with E-state index >= 15 is 0 Å². The molecule has 0 aliphatic rings. The first-order valence-electron chi connectivity index (χ1n) is 3.74. The molecule has 1 atom stereocenters. The van der Waals surface area contributed by atoms with E-state index in [2.05, 4.69) is 30.6 Å². The zero-order chi connectivity index (χ0) is 9.68. The van der Waals surface area contributed by atoms with E-state index in [0.29, 0.717) is 18.7 Å². The minimum Gasteiger partial charge on any atom is -0.452 e. The van der Waals surface area contributed by atoms with E-state index in [9.17, 15) is 4.79 Å². The van der Waals surface area contributed by atoms with Crippen molar-refractivity contribution in [3.63, 3.8) is 0 Å². The van der Waals surface area contributed by atoms with Crippen LogP contribution in [0.2, 0.25) is 0 Å². The summed E-state index contributed by atoms with van der Waals surface area (Å²) in [4.78, 5) is 18.2. The Bertz CT molecular complexity index is 293. The predicted molar refractivity (Wildman–Crippen MR) is 50.3 cm³/mol. The fourth-order valence-electron chi connectivity index (χ4n) is 0.851. The van der Waals surface area contributed by atoms with Gasteiger partial charge in [-0.05, 0) is 28.9 Å². The number of rotatable bonds is 4. The van der Waals surface area contributed by atoms with Crippen LogP contribution in [0.5, 0.6) is 0 Å². The van der Waals surface area contributed by atoms with Gasteiger partial charge >= 0.3 is 0 Å². The molecular formula is C8H9BrN2O2. The second-order valence-corrected chi connectivity index (χ2v) is 3.48. The number of hydrogen-bond acceptors (Lipinski definition) is 4. The van der Waals surface area contributed by atoms with Crippen LogP contribution < -0.4 is 0 Å². The Hall–Kier alpha value is -0.970. The Morgan fingerprint density at radius 3 is 3.15 bits per heavy atom. The molecule has 1 heterocycles. The Morgan fingerprint density at radius 1 is 1.77 bits per heavy atom. The van der Waals surface area contributed by atoms with Gasteiger partial charge in [-0.3, -0.25) is 4.79 Å². The molecular weight excluding hydrogens is 236 g/mol. The van der Waals surface area contributed by atoms with Crippen molar-refractivity contribution in [1.82, 2.24) is 9.97 Å². The van der Waals surface area contributed by atoms with Crippen molar-refractivity contribution in [2.45, 2.75) is 18.4 Å². The molecule has 5 heteroatoms. The first-order valence-corrected chi connectivity index (χ1v) is 4.65. The number of ether oxygens (including phenoxy) is 1. The van der Waals surface area contributed by atoms with Crippen LogP contribution in [-0.4, -0.2) is 21.5 Å². The normalized spacial score (nSPS) is 12.2. The van der Waals surface area contributed by atoms with Crippen LogP contribution in [0.4, 0.5) is 0 Å². The third-order valence-electron chi connectivity index (χ3n) is 1.39. The number of halogens is 1. The number of aromatic nitrogens is 2. The standard InChI is InChI=1S/C8H9BrN2O2/c1-6-2-3-10-8(11-6)4-7(9)13-5-12/h2-3,5,7H,4H2,1H3. The number of aryl methyl sites for hydroxylation is 1. The van der Waals surface area contributed by atoms with E-state index in [1.54, 1.807) is 6.20 Å². The summed E-state index contributed by atoms with van der Waals surface area (Å²) in [5.74, 6) is 0.656. The highest BCUT2D eigenvalue weighted by Crippen LogP contribution is 2.06. The molecule has 1 aromatic rings. The van der Waals surface area contributed by atoms with E-state index in [0.717, 1.165) is 5.69 Å². The number of carbonyl (C=O) groups excluding carboxylic acids is 1.